The van der Waals surface area contributed by atoms with Gasteiger partial charge in [-0.2, -0.15) is 5.10 Å². The molecule has 0 spiro atoms. The highest BCUT2D eigenvalue weighted by Gasteiger charge is 2.27. The van der Waals surface area contributed by atoms with Gasteiger partial charge >= 0.3 is 0 Å². The molecule has 0 saturated carbocycles. The Hall–Kier alpha value is -2.67. The van der Waals surface area contributed by atoms with Gasteiger partial charge in [0.1, 0.15) is 0 Å². The number of likely N-dealkylation sites (tertiary alicyclic amines) is 1. The molecule has 1 unspecified atom stereocenters. The van der Waals surface area contributed by atoms with Crippen molar-refractivity contribution >= 4 is 11.8 Å². The number of nitrogens with zero attached hydrogens (tertiary/aromatic N) is 5. The summed E-state index contributed by atoms with van der Waals surface area (Å²) in [6.45, 7) is 6.28. The summed E-state index contributed by atoms with van der Waals surface area (Å²) < 4.78 is 1.77. The zero-order valence-corrected chi connectivity index (χ0v) is 17.0. The normalized spacial score (nSPS) is 20.7. The van der Waals surface area contributed by atoms with Crippen molar-refractivity contribution in [1.82, 2.24) is 24.5 Å². The summed E-state index contributed by atoms with van der Waals surface area (Å²) in [6.07, 6.45) is 7.04. The number of hydrogen-bond acceptors (Lipinski definition) is 4. The molecule has 2 saturated heterocycles. The second-order valence-corrected chi connectivity index (χ2v) is 8.00. The van der Waals surface area contributed by atoms with Crippen LogP contribution < -0.4 is 0 Å². The Bertz CT molecular complexity index is 825. The fraction of sp³-hybridized carbons (Fsp3) is 0.500. The Morgan fingerprint density at radius 2 is 1.79 bits per heavy atom. The predicted molar refractivity (Wildman–Crippen MR) is 111 cm³/mol. The van der Waals surface area contributed by atoms with E-state index in [1.54, 1.807) is 10.9 Å². The third kappa shape index (κ3) is 4.50. The van der Waals surface area contributed by atoms with E-state index in [0.717, 1.165) is 38.2 Å². The summed E-state index contributed by atoms with van der Waals surface area (Å²) in [7, 11) is 0. The molecule has 0 aliphatic carbocycles. The smallest absolute Gasteiger partial charge is 0.253 e. The number of amides is 2. The first kappa shape index (κ1) is 19.6. The summed E-state index contributed by atoms with van der Waals surface area (Å²) in [5.74, 6) is 0.277. The number of carbonyl (C=O) groups is 2. The fourth-order valence-electron chi connectivity index (χ4n) is 4.22. The lowest BCUT2D eigenvalue weighted by Gasteiger charge is -2.38. The number of piperazine rings is 1. The fourth-order valence-corrected chi connectivity index (χ4v) is 4.22. The van der Waals surface area contributed by atoms with E-state index in [4.69, 9.17) is 0 Å². The summed E-state index contributed by atoms with van der Waals surface area (Å²) in [6, 6.07) is 9.75. The SMILES string of the molecule is CC1CCCCN1C(=O)CN1CCN(C(=O)c2ccc(-n3cccn3)cc2)CC1. The van der Waals surface area contributed by atoms with Crippen molar-refractivity contribution in [1.29, 1.82) is 0 Å². The molecule has 0 N–H and O–H groups in total. The molecule has 2 aromatic rings. The van der Waals surface area contributed by atoms with Gasteiger partial charge in [-0.25, -0.2) is 4.68 Å². The van der Waals surface area contributed by atoms with Crippen LogP contribution in [0.1, 0.15) is 36.5 Å². The maximum absolute atomic E-state index is 12.8. The first-order valence-electron chi connectivity index (χ1n) is 10.5. The molecule has 7 heteroatoms. The average Bonchev–Trinajstić information content (AvgIpc) is 3.29. The third-order valence-corrected chi connectivity index (χ3v) is 6.02. The zero-order valence-electron chi connectivity index (χ0n) is 17.0. The summed E-state index contributed by atoms with van der Waals surface area (Å²) in [5, 5.41) is 4.21. The molecular formula is C22H29N5O2. The number of hydrogen-bond donors (Lipinski definition) is 0. The number of benzene rings is 1. The number of aromatic nitrogens is 2. The standard InChI is InChI=1S/C22H29N5O2/c1-18-5-2-3-11-26(18)21(28)17-24-13-15-25(16-14-24)22(29)19-6-8-20(9-7-19)27-12-4-10-23-27/h4,6-10,12,18H,2-3,5,11,13-17H2,1H3. The third-order valence-electron chi connectivity index (χ3n) is 6.02. The molecule has 29 heavy (non-hydrogen) atoms. The van der Waals surface area contributed by atoms with Crippen LogP contribution in [0.5, 0.6) is 0 Å². The number of piperidine rings is 1. The van der Waals surface area contributed by atoms with Gasteiger partial charge in [0.2, 0.25) is 5.91 Å². The molecular weight excluding hydrogens is 366 g/mol. The molecule has 7 nitrogen and oxygen atoms in total. The van der Waals surface area contributed by atoms with Gasteiger partial charge in [0.15, 0.2) is 0 Å². The summed E-state index contributed by atoms with van der Waals surface area (Å²) in [4.78, 5) is 31.6. The minimum absolute atomic E-state index is 0.0487. The minimum Gasteiger partial charge on any atom is -0.339 e. The van der Waals surface area contributed by atoms with Crippen molar-refractivity contribution in [3.05, 3.63) is 48.3 Å². The van der Waals surface area contributed by atoms with Crippen LogP contribution in [0.2, 0.25) is 0 Å². The molecule has 0 radical (unpaired) electrons. The van der Waals surface area contributed by atoms with E-state index in [9.17, 15) is 9.59 Å². The van der Waals surface area contributed by atoms with Crippen molar-refractivity contribution in [3.63, 3.8) is 0 Å². The van der Waals surface area contributed by atoms with Crippen LogP contribution in [0.4, 0.5) is 0 Å². The lowest BCUT2D eigenvalue weighted by molar-refractivity contribution is -0.136. The van der Waals surface area contributed by atoms with Crippen molar-refractivity contribution in [3.8, 4) is 5.69 Å². The first-order valence-corrected chi connectivity index (χ1v) is 10.5. The van der Waals surface area contributed by atoms with Gasteiger partial charge in [-0.05, 0) is 56.5 Å². The molecule has 2 fully saturated rings. The molecule has 154 valence electrons. The number of rotatable bonds is 4. The van der Waals surface area contributed by atoms with E-state index in [-0.39, 0.29) is 11.8 Å². The van der Waals surface area contributed by atoms with Crippen LogP contribution >= 0.6 is 0 Å². The van der Waals surface area contributed by atoms with Gasteiger partial charge in [0.25, 0.3) is 5.91 Å². The van der Waals surface area contributed by atoms with Crippen LogP contribution in [-0.4, -0.2) is 81.6 Å². The maximum Gasteiger partial charge on any atom is 0.253 e. The van der Waals surface area contributed by atoms with Crippen LogP contribution in [0.3, 0.4) is 0 Å². The van der Waals surface area contributed by atoms with Gasteiger partial charge in [-0.15, -0.1) is 0 Å². The highest BCUT2D eigenvalue weighted by atomic mass is 16.2. The molecule has 2 amide bonds. The van der Waals surface area contributed by atoms with E-state index in [1.165, 1.54) is 6.42 Å². The van der Waals surface area contributed by atoms with E-state index in [0.29, 0.717) is 31.2 Å². The van der Waals surface area contributed by atoms with Gasteiger partial charge in [-0.3, -0.25) is 14.5 Å². The Morgan fingerprint density at radius 1 is 1.03 bits per heavy atom. The Morgan fingerprint density at radius 3 is 2.45 bits per heavy atom. The molecule has 1 aromatic carbocycles. The lowest BCUT2D eigenvalue weighted by atomic mass is 10.0. The summed E-state index contributed by atoms with van der Waals surface area (Å²) >= 11 is 0. The van der Waals surface area contributed by atoms with E-state index in [1.807, 2.05) is 46.3 Å². The van der Waals surface area contributed by atoms with Gasteiger partial charge < -0.3 is 9.80 Å². The quantitative estimate of drug-likeness (QED) is 0.795. The van der Waals surface area contributed by atoms with Crippen LogP contribution in [-0.2, 0) is 4.79 Å². The number of carbonyl (C=O) groups excluding carboxylic acids is 2. The topological polar surface area (TPSA) is 61.7 Å². The summed E-state index contributed by atoms with van der Waals surface area (Å²) in [5.41, 5.74) is 1.62. The molecule has 2 aliphatic heterocycles. The van der Waals surface area contributed by atoms with E-state index in [2.05, 4.69) is 16.9 Å². The maximum atomic E-state index is 12.8. The van der Waals surface area contributed by atoms with Crippen molar-refractivity contribution < 1.29 is 9.59 Å². The Labute approximate surface area is 171 Å². The Balaban J connectivity index is 1.29. The molecule has 1 aromatic heterocycles. The van der Waals surface area contributed by atoms with Crippen molar-refractivity contribution in [2.45, 2.75) is 32.2 Å². The monoisotopic (exact) mass is 395 g/mol. The largest absolute Gasteiger partial charge is 0.339 e. The first-order chi connectivity index (χ1) is 14.1. The van der Waals surface area contributed by atoms with E-state index < -0.39 is 0 Å². The van der Waals surface area contributed by atoms with Gasteiger partial charge in [0.05, 0.1) is 12.2 Å². The molecule has 3 heterocycles. The van der Waals surface area contributed by atoms with Crippen molar-refractivity contribution in [2.75, 3.05) is 39.3 Å². The lowest BCUT2D eigenvalue weighted by Crippen LogP contribution is -2.53. The zero-order chi connectivity index (χ0) is 20.2. The average molecular weight is 396 g/mol. The van der Waals surface area contributed by atoms with Gasteiger partial charge in [-0.1, -0.05) is 0 Å². The van der Waals surface area contributed by atoms with Gasteiger partial charge in [0, 0.05) is 56.7 Å². The highest BCUT2D eigenvalue weighted by Crippen LogP contribution is 2.17. The minimum atomic E-state index is 0.0487. The second kappa shape index (κ2) is 8.78. The molecule has 1 atom stereocenters. The van der Waals surface area contributed by atoms with Crippen molar-refractivity contribution in [2.24, 2.45) is 0 Å². The second-order valence-electron chi connectivity index (χ2n) is 8.00. The van der Waals surface area contributed by atoms with E-state index >= 15 is 0 Å². The molecule has 4 rings (SSSR count). The van der Waals surface area contributed by atoms with Crippen LogP contribution in [0.15, 0.2) is 42.7 Å². The molecule has 2 aliphatic rings. The Kier molecular flexibility index (Phi) is 5.94. The highest BCUT2D eigenvalue weighted by molar-refractivity contribution is 5.94. The predicted octanol–water partition coefficient (Wildman–Crippen LogP) is 2.03. The van der Waals surface area contributed by atoms with Crippen LogP contribution in [0.25, 0.3) is 5.69 Å². The van der Waals surface area contributed by atoms with Crippen LogP contribution in [0, 0.1) is 0 Å². The molecule has 0 bridgehead atoms.